The summed E-state index contributed by atoms with van der Waals surface area (Å²) in [5.74, 6) is 1.34. The Morgan fingerprint density at radius 3 is 2.44 bits per heavy atom. The minimum Gasteiger partial charge on any atom is -0.490 e. The van der Waals surface area contributed by atoms with E-state index in [2.05, 4.69) is 57.6 Å². The summed E-state index contributed by atoms with van der Waals surface area (Å²) in [6.45, 7) is 3.44. The lowest BCUT2D eigenvalue weighted by Crippen LogP contribution is -2.04. The maximum Gasteiger partial charge on any atom is 0.162 e. The highest BCUT2D eigenvalue weighted by Crippen LogP contribution is 2.36. The van der Waals surface area contributed by atoms with Gasteiger partial charge in [-0.3, -0.25) is 0 Å². The Balaban J connectivity index is 1.54. The van der Waals surface area contributed by atoms with Crippen LogP contribution in [0.4, 0.5) is 5.69 Å². The van der Waals surface area contributed by atoms with Gasteiger partial charge in [0.25, 0.3) is 0 Å². The molecule has 0 saturated carbocycles. The normalized spacial score (nSPS) is 10.9. The van der Waals surface area contributed by atoms with Crippen LogP contribution >= 0.6 is 39.1 Å². The molecule has 164 valence electrons. The second-order valence-electron chi connectivity index (χ2n) is 7.23. The molecule has 0 spiro atoms. The maximum absolute atomic E-state index is 6.28. The molecule has 1 N–H and O–H groups in total. The third-order valence-electron chi connectivity index (χ3n) is 5.07. The molecule has 0 unspecified atom stereocenters. The molecule has 0 atom stereocenters. The predicted octanol–water partition coefficient (Wildman–Crippen LogP) is 8.50. The summed E-state index contributed by atoms with van der Waals surface area (Å²) in [7, 11) is 0. The Morgan fingerprint density at radius 2 is 1.62 bits per heavy atom. The molecule has 0 aliphatic carbocycles. The quantitative estimate of drug-likeness (QED) is 0.247. The Morgan fingerprint density at radius 1 is 0.844 bits per heavy atom. The van der Waals surface area contributed by atoms with Gasteiger partial charge in [0.1, 0.15) is 6.61 Å². The van der Waals surface area contributed by atoms with E-state index in [0.717, 1.165) is 21.3 Å². The summed E-state index contributed by atoms with van der Waals surface area (Å²) in [6.07, 6.45) is 0. The van der Waals surface area contributed by atoms with Crippen LogP contribution in [0.5, 0.6) is 11.5 Å². The Bertz CT molecular complexity index is 1240. The number of rotatable bonds is 8. The van der Waals surface area contributed by atoms with Crippen LogP contribution in [0, 0.1) is 0 Å². The predicted molar refractivity (Wildman–Crippen MR) is 137 cm³/mol. The molecule has 0 aliphatic rings. The van der Waals surface area contributed by atoms with E-state index in [-0.39, 0.29) is 0 Å². The second-order valence-corrected chi connectivity index (χ2v) is 8.93. The molecule has 4 aromatic rings. The number of nitrogens with one attached hydrogen (secondary N) is 1. The average molecular weight is 531 g/mol. The van der Waals surface area contributed by atoms with Gasteiger partial charge in [-0.05, 0) is 48.2 Å². The van der Waals surface area contributed by atoms with Gasteiger partial charge in [0.05, 0.1) is 6.61 Å². The lowest BCUT2D eigenvalue weighted by atomic mass is 10.1. The van der Waals surface area contributed by atoms with E-state index >= 15 is 0 Å². The van der Waals surface area contributed by atoms with Crippen LogP contribution in [0.15, 0.2) is 77.3 Å². The van der Waals surface area contributed by atoms with Gasteiger partial charge in [0.2, 0.25) is 0 Å². The fraction of sp³-hybridized carbons (Fsp3) is 0.154. The number of ether oxygens (including phenoxy) is 2. The molecule has 0 radical (unpaired) electrons. The minimum absolute atomic E-state index is 0.316. The van der Waals surface area contributed by atoms with Crippen molar-refractivity contribution in [3.63, 3.8) is 0 Å². The van der Waals surface area contributed by atoms with E-state index < -0.39 is 0 Å². The molecule has 0 saturated heterocycles. The van der Waals surface area contributed by atoms with Crippen molar-refractivity contribution in [3.8, 4) is 11.5 Å². The number of hydrogen-bond acceptors (Lipinski definition) is 3. The van der Waals surface area contributed by atoms with Crippen LogP contribution in [0.25, 0.3) is 10.8 Å². The highest BCUT2D eigenvalue weighted by molar-refractivity contribution is 9.10. The lowest BCUT2D eigenvalue weighted by Gasteiger charge is -2.17. The molecule has 0 fully saturated rings. The van der Waals surface area contributed by atoms with Crippen LogP contribution < -0.4 is 14.8 Å². The van der Waals surface area contributed by atoms with Gasteiger partial charge >= 0.3 is 0 Å². The van der Waals surface area contributed by atoms with E-state index in [4.69, 9.17) is 32.7 Å². The first kappa shape index (κ1) is 22.8. The Labute approximate surface area is 206 Å². The number of hydrogen-bond donors (Lipinski definition) is 1. The molecule has 0 bridgehead atoms. The van der Waals surface area contributed by atoms with Gasteiger partial charge in [-0.25, -0.2) is 0 Å². The zero-order valence-electron chi connectivity index (χ0n) is 17.5. The van der Waals surface area contributed by atoms with E-state index in [0.29, 0.717) is 41.3 Å². The zero-order chi connectivity index (χ0) is 22.5. The molecule has 0 aliphatic heterocycles. The molecule has 4 rings (SSSR count). The van der Waals surface area contributed by atoms with Gasteiger partial charge in [-0.15, -0.1) is 0 Å². The van der Waals surface area contributed by atoms with E-state index in [1.165, 1.54) is 10.8 Å². The molecule has 3 nitrogen and oxygen atoms in total. The lowest BCUT2D eigenvalue weighted by molar-refractivity contribution is 0.269. The topological polar surface area (TPSA) is 30.5 Å². The fourth-order valence-electron chi connectivity index (χ4n) is 3.46. The van der Waals surface area contributed by atoms with Gasteiger partial charge in [0, 0.05) is 37.7 Å². The van der Waals surface area contributed by atoms with Crippen LogP contribution in [0.2, 0.25) is 10.0 Å². The van der Waals surface area contributed by atoms with Crippen LogP contribution in [0.1, 0.15) is 18.1 Å². The third kappa shape index (κ3) is 5.32. The molecule has 0 amide bonds. The highest BCUT2D eigenvalue weighted by atomic mass is 79.9. The summed E-state index contributed by atoms with van der Waals surface area (Å²) >= 11 is 16.0. The molecular weight excluding hydrogens is 509 g/mol. The zero-order valence-corrected chi connectivity index (χ0v) is 20.6. The van der Waals surface area contributed by atoms with Crippen molar-refractivity contribution in [2.24, 2.45) is 0 Å². The smallest absolute Gasteiger partial charge is 0.162 e. The summed E-state index contributed by atoms with van der Waals surface area (Å²) in [4.78, 5) is 0. The van der Waals surface area contributed by atoms with Crippen molar-refractivity contribution in [1.29, 1.82) is 0 Å². The number of halogens is 3. The number of benzene rings is 4. The molecule has 32 heavy (non-hydrogen) atoms. The van der Waals surface area contributed by atoms with Crippen LogP contribution in [0.3, 0.4) is 0 Å². The van der Waals surface area contributed by atoms with E-state index in [1.54, 1.807) is 12.1 Å². The van der Waals surface area contributed by atoms with Crippen molar-refractivity contribution >= 4 is 55.6 Å². The minimum atomic E-state index is 0.316. The molecule has 4 aromatic carbocycles. The summed E-state index contributed by atoms with van der Waals surface area (Å²) in [5.41, 5.74) is 3.01. The molecular formula is C26H22BrCl2NO2. The van der Waals surface area contributed by atoms with Crippen molar-refractivity contribution in [2.75, 3.05) is 11.9 Å². The largest absolute Gasteiger partial charge is 0.490 e. The van der Waals surface area contributed by atoms with Crippen molar-refractivity contribution in [2.45, 2.75) is 20.1 Å². The average Bonchev–Trinajstić information content (AvgIpc) is 2.79. The third-order valence-corrected chi connectivity index (χ3v) is 6.39. The van der Waals surface area contributed by atoms with Crippen molar-refractivity contribution in [3.05, 3.63) is 98.4 Å². The van der Waals surface area contributed by atoms with E-state index in [1.807, 2.05) is 31.2 Å². The first-order valence-electron chi connectivity index (χ1n) is 10.3. The summed E-state index contributed by atoms with van der Waals surface area (Å²) < 4.78 is 12.9. The second kappa shape index (κ2) is 10.5. The maximum atomic E-state index is 6.28. The molecule has 0 aromatic heterocycles. The Kier molecular flexibility index (Phi) is 7.46. The van der Waals surface area contributed by atoms with Crippen LogP contribution in [-0.2, 0) is 13.2 Å². The number of fused-ring (bicyclic) bond motifs is 1. The highest BCUT2D eigenvalue weighted by Gasteiger charge is 2.13. The van der Waals surface area contributed by atoms with Gasteiger partial charge in [-0.1, -0.05) is 81.6 Å². The number of anilines is 1. The Hall–Kier alpha value is -2.40. The standard InChI is InChI=1S/C26H22BrCl2NO2/c1-2-31-25-12-19(15-30-24-9-5-7-17-6-3-4-8-21(17)24)22(27)14-26(25)32-16-18-10-11-20(28)13-23(18)29/h3-14,30H,2,15-16H2,1H3. The first-order chi connectivity index (χ1) is 15.5. The summed E-state index contributed by atoms with van der Waals surface area (Å²) in [5, 5.41) is 7.11. The van der Waals surface area contributed by atoms with E-state index in [9.17, 15) is 0 Å². The van der Waals surface area contributed by atoms with Crippen molar-refractivity contribution < 1.29 is 9.47 Å². The first-order valence-corrected chi connectivity index (χ1v) is 11.8. The van der Waals surface area contributed by atoms with Gasteiger partial charge in [-0.2, -0.15) is 0 Å². The monoisotopic (exact) mass is 529 g/mol. The van der Waals surface area contributed by atoms with Gasteiger partial charge in [0.15, 0.2) is 11.5 Å². The van der Waals surface area contributed by atoms with Crippen LogP contribution in [-0.4, -0.2) is 6.61 Å². The SMILES string of the molecule is CCOc1cc(CNc2cccc3ccccc23)c(Br)cc1OCc1ccc(Cl)cc1Cl. The molecule has 6 heteroatoms. The van der Waals surface area contributed by atoms with Crippen molar-refractivity contribution in [1.82, 2.24) is 0 Å². The van der Waals surface area contributed by atoms with Gasteiger partial charge < -0.3 is 14.8 Å². The fourth-order valence-corrected chi connectivity index (χ4v) is 4.38. The molecule has 0 heterocycles. The summed E-state index contributed by atoms with van der Waals surface area (Å²) in [6, 6.07) is 23.9.